The molecule has 4 N–H and O–H groups in total. The van der Waals surface area contributed by atoms with Crippen LogP contribution in [-0.4, -0.2) is 22.6 Å². The van der Waals surface area contributed by atoms with Crippen molar-refractivity contribution >= 4 is 29.0 Å². The fourth-order valence-corrected chi connectivity index (χ4v) is 2.33. The van der Waals surface area contributed by atoms with Crippen LogP contribution in [0.5, 0.6) is 10.9 Å². The second kappa shape index (κ2) is 7.45. The summed E-state index contributed by atoms with van der Waals surface area (Å²) in [5, 5.41) is 3.91. The molecule has 1 heterocycles. The normalized spacial score (nSPS) is 10.9. The highest BCUT2D eigenvalue weighted by Crippen LogP contribution is 2.28. The van der Waals surface area contributed by atoms with Crippen LogP contribution >= 0.6 is 11.3 Å². The molecule has 0 fully saturated rings. The molecular formula is C15H17FN4O4S. The molecule has 8 nitrogen and oxygen atoms in total. The number of hydrogen-bond donors (Lipinski definition) is 3. The van der Waals surface area contributed by atoms with Crippen LogP contribution in [0, 0.1) is 5.82 Å². The number of nitrogens with two attached hydrogens (primary N) is 1. The van der Waals surface area contributed by atoms with Gasteiger partial charge in [0.2, 0.25) is 0 Å². The summed E-state index contributed by atoms with van der Waals surface area (Å²) in [6.45, 7) is 5.10. The molecule has 0 saturated heterocycles. The van der Waals surface area contributed by atoms with Crippen LogP contribution in [0.25, 0.3) is 0 Å². The number of thiazole rings is 1. The van der Waals surface area contributed by atoms with Gasteiger partial charge in [-0.15, -0.1) is 0 Å². The molecule has 0 unspecified atom stereocenters. The summed E-state index contributed by atoms with van der Waals surface area (Å²) in [4.78, 5) is 26.9. The predicted molar refractivity (Wildman–Crippen MR) is 90.1 cm³/mol. The third-order valence-corrected chi connectivity index (χ3v) is 3.35. The number of amides is 2. The third kappa shape index (κ3) is 5.40. The van der Waals surface area contributed by atoms with Crippen LogP contribution in [-0.2, 0) is 4.74 Å². The Morgan fingerprint density at radius 2 is 2.04 bits per heavy atom. The van der Waals surface area contributed by atoms with Crippen molar-refractivity contribution in [2.75, 3.05) is 5.32 Å². The molecule has 1 aromatic heterocycles. The van der Waals surface area contributed by atoms with E-state index in [9.17, 15) is 14.0 Å². The number of nitrogen functional groups attached to an aromatic ring is 1. The number of ether oxygens (including phenoxy) is 2. The van der Waals surface area contributed by atoms with E-state index >= 15 is 0 Å². The Hall–Kier alpha value is -2.72. The Morgan fingerprint density at radius 3 is 2.64 bits per heavy atom. The number of nitrogens with zero attached hydrogens (tertiary/aromatic N) is 1. The van der Waals surface area contributed by atoms with Crippen LogP contribution in [0.4, 0.5) is 14.9 Å². The zero-order chi connectivity index (χ0) is 18.6. The summed E-state index contributed by atoms with van der Waals surface area (Å²) in [7, 11) is 0. The van der Waals surface area contributed by atoms with E-state index in [2.05, 4.69) is 10.3 Å². The Morgan fingerprint density at radius 1 is 1.32 bits per heavy atom. The van der Waals surface area contributed by atoms with Crippen molar-refractivity contribution in [2.45, 2.75) is 26.4 Å². The maximum Gasteiger partial charge on any atom is 0.412 e. The van der Waals surface area contributed by atoms with Crippen molar-refractivity contribution in [3.63, 3.8) is 0 Å². The monoisotopic (exact) mass is 368 g/mol. The average molecular weight is 368 g/mol. The summed E-state index contributed by atoms with van der Waals surface area (Å²) in [6.07, 6.45) is -0.766. The van der Waals surface area contributed by atoms with Crippen molar-refractivity contribution < 1.29 is 23.5 Å². The first-order valence-electron chi connectivity index (χ1n) is 7.12. The Kier molecular flexibility index (Phi) is 5.55. The third-order valence-electron chi connectivity index (χ3n) is 2.63. The van der Waals surface area contributed by atoms with Crippen molar-refractivity contribution in [1.82, 2.24) is 10.4 Å². The molecule has 2 amide bonds. The van der Waals surface area contributed by atoms with Gasteiger partial charge in [0.05, 0.1) is 5.69 Å². The van der Waals surface area contributed by atoms with Crippen LogP contribution in [0.3, 0.4) is 0 Å². The molecule has 1 aromatic carbocycles. The molecule has 0 radical (unpaired) electrons. The van der Waals surface area contributed by atoms with E-state index in [1.165, 1.54) is 17.5 Å². The van der Waals surface area contributed by atoms with Gasteiger partial charge in [-0.1, -0.05) is 11.3 Å². The number of benzene rings is 1. The highest BCUT2D eigenvalue weighted by molar-refractivity contribution is 7.11. The van der Waals surface area contributed by atoms with Crippen LogP contribution in [0.2, 0.25) is 0 Å². The van der Waals surface area contributed by atoms with E-state index < -0.39 is 23.4 Å². The number of aromatic nitrogens is 1. The van der Waals surface area contributed by atoms with Gasteiger partial charge in [0.15, 0.2) is 5.82 Å². The second-order valence-corrected chi connectivity index (χ2v) is 6.66. The Bertz CT molecular complexity index is 788. The molecule has 0 saturated carbocycles. The number of rotatable bonds is 4. The van der Waals surface area contributed by atoms with E-state index in [0.717, 1.165) is 17.4 Å². The smallest absolute Gasteiger partial charge is 0.412 e. The molecule has 2 rings (SSSR count). The van der Waals surface area contributed by atoms with E-state index in [4.69, 9.17) is 15.3 Å². The first kappa shape index (κ1) is 18.6. The molecule has 2 aromatic rings. The average Bonchev–Trinajstić information content (AvgIpc) is 2.96. The van der Waals surface area contributed by atoms with Crippen molar-refractivity contribution in [3.8, 4) is 10.9 Å². The van der Waals surface area contributed by atoms with Gasteiger partial charge in [-0.25, -0.2) is 15.0 Å². The van der Waals surface area contributed by atoms with Gasteiger partial charge < -0.3 is 9.47 Å². The first-order chi connectivity index (χ1) is 11.7. The molecule has 0 aliphatic rings. The van der Waals surface area contributed by atoms with Crippen molar-refractivity contribution in [3.05, 3.63) is 35.1 Å². The lowest BCUT2D eigenvalue weighted by atomic mass is 10.2. The summed E-state index contributed by atoms with van der Waals surface area (Å²) in [5.74, 6) is 3.89. The number of hydrazine groups is 1. The lowest BCUT2D eigenvalue weighted by Gasteiger charge is -2.19. The van der Waals surface area contributed by atoms with Gasteiger partial charge in [0, 0.05) is 11.4 Å². The van der Waals surface area contributed by atoms with E-state index in [-0.39, 0.29) is 22.3 Å². The molecule has 0 aliphatic carbocycles. The fraction of sp³-hybridized carbons (Fsp3) is 0.267. The van der Waals surface area contributed by atoms with E-state index in [0.29, 0.717) is 0 Å². The van der Waals surface area contributed by atoms with Gasteiger partial charge in [-0.05, 0) is 32.9 Å². The maximum atomic E-state index is 14.1. The standard InChI is InChI=1S/C15H17FN4O4S/c1-15(2,3)24-13(22)18-10-5-4-8(6-9(10)16)23-14-19-11(7-25-14)12(21)20-17/h4-7H,17H2,1-3H3,(H,18,22)(H,20,21). The summed E-state index contributed by atoms with van der Waals surface area (Å²) >= 11 is 1.05. The molecule has 0 bridgehead atoms. The number of nitrogens with one attached hydrogen (secondary N) is 2. The minimum Gasteiger partial charge on any atom is -0.444 e. The molecule has 0 aliphatic heterocycles. The van der Waals surface area contributed by atoms with Gasteiger partial charge >= 0.3 is 6.09 Å². The summed E-state index contributed by atoms with van der Waals surface area (Å²) in [6, 6.07) is 3.85. The minimum absolute atomic E-state index is 0.0519. The fourth-order valence-electron chi connectivity index (χ4n) is 1.66. The zero-order valence-corrected chi connectivity index (χ0v) is 14.6. The predicted octanol–water partition coefficient (Wildman–Crippen LogP) is 3.03. The number of carbonyl (C=O) groups excluding carboxylic acids is 2. The largest absolute Gasteiger partial charge is 0.444 e. The first-order valence-corrected chi connectivity index (χ1v) is 8.00. The molecule has 10 heteroatoms. The van der Waals surface area contributed by atoms with Crippen LogP contribution in [0.1, 0.15) is 31.3 Å². The topological polar surface area (TPSA) is 116 Å². The van der Waals surface area contributed by atoms with Gasteiger partial charge in [0.25, 0.3) is 11.1 Å². The highest BCUT2D eigenvalue weighted by atomic mass is 32.1. The van der Waals surface area contributed by atoms with Crippen molar-refractivity contribution in [1.29, 1.82) is 0 Å². The van der Waals surface area contributed by atoms with Gasteiger partial charge in [-0.2, -0.15) is 4.98 Å². The highest BCUT2D eigenvalue weighted by Gasteiger charge is 2.18. The van der Waals surface area contributed by atoms with Gasteiger partial charge in [-0.3, -0.25) is 15.5 Å². The quantitative estimate of drug-likeness (QED) is 0.434. The molecule has 0 spiro atoms. The molecule has 0 atom stereocenters. The minimum atomic E-state index is -0.766. The van der Waals surface area contributed by atoms with Gasteiger partial charge in [0.1, 0.15) is 17.0 Å². The summed E-state index contributed by atoms with van der Waals surface area (Å²) in [5.41, 5.74) is 1.29. The number of halogens is 1. The summed E-state index contributed by atoms with van der Waals surface area (Å²) < 4.78 is 24.5. The molecular weight excluding hydrogens is 351 g/mol. The second-order valence-electron chi connectivity index (χ2n) is 5.84. The van der Waals surface area contributed by atoms with Crippen LogP contribution < -0.4 is 21.3 Å². The van der Waals surface area contributed by atoms with E-state index in [1.54, 1.807) is 20.8 Å². The molecule has 134 valence electrons. The number of carbonyl (C=O) groups is 2. The van der Waals surface area contributed by atoms with Crippen molar-refractivity contribution in [2.24, 2.45) is 5.84 Å². The Labute approximate surface area is 147 Å². The molecule has 25 heavy (non-hydrogen) atoms. The Balaban J connectivity index is 2.05. The maximum absolute atomic E-state index is 14.1. The SMILES string of the molecule is CC(C)(C)OC(=O)Nc1ccc(Oc2nc(C(=O)NN)cs2)cc1F. The number of hydrogen-bond acceptors (Lipinski definition) is 7. The van der Waals surface area contributed by atoms with E-state index in [1.807, 2.05) is 5.43 Å². The lowest BCUT2D eigenvalue weighted by Crippen LogP contribution is -2.30. The zero-order valence-electron chi connectivity index (χ0n) is 13.8. The lowest BCUT2D eigenvalue weighted by molar-refractivity contribution is 0.0635. The number of anilines is 1. The van der Waals surface area contributed by atoms with Crippen LogP contribution in [0.15, 0.2) is 23.6 Å².